The van der Waals surface area contributed by atoms with Gasteiger partial charge in [0, 0.05) is 34.9 Å². The summed E-state index contributed by atoms with van der Waals surface area (Å²) in [6, 6.07) is 2.92. The molecular formula is C14H17Cl2FN2OS. The molecule has 1 aromatic heterocycles. The second-order valence-electron chi connectivity index (χ2n) is 5.13. The number of halogens is 3. The van der Waals surface area contributed by atoms with Crippen LogP contribution in [0.2, 0.25) is 5.02 Å². The van der Waals surface area contributed by atoms with E-state index in [1.165, 1.54) is 12.1 Å². The Balaban J connectivity index is 2.55. The van der Waals surface area contributed by atoms with E-state index < -0.39 is 16.6 Å². The highest BCUT2D eigenvalue weighted by Crippen LogP contribution is 2.31. The lowest BCUT2D eigenvalue weighted by molar-refractivity contribution is 0.522. The molecule has 0 radical (unpaired) electrons. The Morgan fingerprint density at radius 1 is 1.43 bits per heavy atom. The van der Waals surface area contributed by atoms with E-state index in [0.717, 1.165) is 0 Å². The van der Waals surface area contributed by atoms with Crippen molar-refractivity contribution < 1.29 is 8.60 Å². The second kappa shape index (κ2) is 6.63. The molecule has 0 aliphatic carbocycles. The number of benzene rings is 1. The number of fused-ring (bicyclic) bond motifs is 1. The Labute approximate surface area is 135 Å². The van der Waals surface area contributed by atoms with Gasteiger partial charge in [0.2, 0.25) is 0 Å². The molecule has 0 saturated heterocycles. The number of nitrogens with zero attached hydrogens (tertiary/aromatic N) is 2. The molecule has 0 aliphatic heterocycles. The number of aromatic nitrogens is 2. The molecule has 3 atom stereocenters. The van der Waals surface area contributed by atoms with Gasteiger partial charge in [-0.2, -0.15) is 0 Å². The number of rotatable bonds is 5. The van der Waals surface area contributed by atoms with E-state index in [2.05, 4.69) is 4.98 Å². The predicted octanol–water partition coefficient (Wildman–Crippen LogP) is 4.46. The van der Waals surface area contributed by atoms with Crippen molar-refractivity contribution in [2.75, 3.05) is 12.0 Å². The van der Waals surface area contributed by atoms with Gasteiger partial charge in [-0.25, -0.2) is 9.37 Å². The van der Waals surface area contributed by atoms with Crippen molar-refractivity contribution in [3.63, 3.8) is 0 Å². The van der Waals surface area contributed by atoms with Crippen molar-refractivity contribution in [3.8, 4) is 0 Å². The third-order valence-electron chi connectivity index (χ3n) is 3.38. The van der Waals surface area contributed by atoms with Crippen LogP contribution in [0, 0.1) is 5.82 Å². The first-order chi connectivity index (χ1) is 9.81. The van der Waals surface area contributed by atoms with Crippen LogP contribution in [0.15, 0.2) is 12.1 Å². The molecule has 0 spiro atoms. The van der Waals surface area contributed by atoms with Gasteiger partial charge in [-0.05, 0) is 26.3 Å². The zero-order valence-corrected chi connectivity index (χ0v) is 14.4. The molecule has 2 aromatic rings. The molecule has 0 saturated carbocycles. The smallest absolute Gasteiger partial charge is 0.144 e. The normalized spacial score (nSPS) is 16.1. The van der Waals surface area contributed by atoms with E-state index in [1.807, 2.05) is 18.4 Å². The molecular weight excluding hydrogens is 334 g/mol. The third kappa shape index (κ3) is 3.58. The van der Waals surface area contributed by atoms with Crippen molar-refractivity contribution in [3.05, 3.63) is 28.8 Å². The van der Waals surface area contributed by atoms with E-state index in [1.54, 1.807) is 6.26 Å². The zero-order chi connectivity index (χ0) is 15.7. The van der Waals surface area contributed by atoms with Crippen LogP contribution >= 0.6 is 23.2 Å². The van der Waals surface area contributed by atoms with Gasteiger partial charge in [0.15, 0.2) is 0 Å². The summed E-state index contributed by atoms with van der Waals surface area (Å²) < 4.78 is 27.0. The Bertz CT molecular complexity index is 687. The van der Waals surface area contributed by atoms with Crippen molar-refractivity contribution in [1.29, 1.82) is 0 Å². The number of hydrogen-bond donors (Lipinski definition) is 0. The summed E-state index contributed by atoms with van der Waals surface area (Å²) in [5.74, 6) is 0.764. The van der Waals surface area contributed by atoms with Gasteiger partial charge in [0.05, 0.1) is 21.4 Å². The Morgan fingerprint density at radius 3 is 2.67 bits per heavy atom. The van der Waals surface area contributed by atoms with Crippen LogP contribution < -0.4 is 0 Å². The molecule has 3 nitrogen and oxygen atoms in total. The highest BCUT2D eigenvalue weighted by molar-refractivity contribution is 7.84. The maximum atomic E-state index is 13.8. The Hall–Kier alpha value is -0.650. The lowest BCUT2D eigenvalue weighted by Gasteiger charge is -2.18. The average molecular weight is 351 g/mol. The van der Waals surface area contributed by atoms with Gasteiger partial charge in [-0.1, -0.05) is 11.6 Å². The minimum atomic E-state index is -0.869. The molecule has 116 valence electrons. The van der Waals surface area contributed by atoms with E-state index in [9.17, 15) is 8.60 Å². The van der Waals surface area contributed by atoms with Crippen LogP contribution in [-0.2, 0) is 10.8 Å². The molecule has 1 heterocycles. The van der Waals surface area contributed by atoms with Crippen LogP contribution in [0.25, 0.3) is 11.0 Å². The topological polar surface area (TPSA) is 34.9 Å². The second-order valence-corrected chi connectivity index (χ2v) is 7.74. The number of alkyl halides is 1. The Kier molecular flexibility index (Phi) is 5.28. The summed E-state index contributed by atoms with van der Waals surface area (Å²) in [6.45, 7) is 3.81. The molecule has 0 amide bonds. The number of hydrogen-bond acceptors (Lipinski definition) is 2. The minimum Gasteiger partial charge on any atom is -0.324 e. The summed E-state index contributed by atoms with van der Waals surface area (Å²) >= 11 is 12.0. The standard InChI is InChI=1S/C14H17Cl2FN2OS/c1-8(4-5-21(3)20)19-13-7-11(17)10(16)6-12(13)18-14(19)9(2)15/h6-9H,4-5H2,1-3H3. The molecule has 0 N–H and O–H groups in total. The van der Waals surface area contributed by atoms with E-state index in [-0.39, 0.29) is 16.4 Å². The fraction of sp³-hybridized carbons (Fsp3) is 0.500. The molecule has 0 bridgehead atoms. The van der Waals surface area contributed by atoms with Gasteiger partial charge in [-0.15, -0.1) is 11.6 Å². The first-order valence-corrected chi connectivity index (χ1v) is 9.16. The van der Waals surface area contributed by atoms with Gasteiger partial charge < -0.3 is 4.57 Å². The van der Waals surface area contributed by atoms with Crippen molar-refractivity contribution in [1.82, 2.24) is 9.55 Å². The molecule has 0 fully saturated rings. The highest BCUT2D eigenvalue weighted by Gasteiger charge is 2.20. The van der Waals surface area contributed by atoms with Crippen molar-refractivity contribution in [2.24, 2.45) is 0 Å². The van der Waals surface area contributed by atoms with Gasteiger partial charge in [0.1, 0.15) is 11.6 Å². The van der Waals surface area contributed by atoms with Crippen molar-refractivity contribution in [2.45, 2.75) is 31.7 Å². The van der Waals surface area contributed by atoms with E-state index in [4.69, 9.17) is 23.2 Å². The number of imidazole rings is 1. The van der Waals surface area contributed by atoms with E-state index in [0.29, 0.717) is 29.0 Å². The van der Waals surface area contributed by atoms with Gasteiger partial charge in [-0.3, -0.25) is 4.21 Å². The zero-order valence-electron chi connectivity index (χ0n) is 12.1. The molecule has 1 aromatic carbocycles. The van der Waals surface area contributed by atoms with Gasteiger partial charge in [0.25, 0.3) is 0 Å². The summed E-state index contributed by atoms with van der Waals surface area (Å²) in [6.07, 6.45) is 2.37. The Morgan fingerprint density at radius 2 is 2.10 bits per heavy atom. The first kappa shape index (κ1) is 16.7. The molecule has 21 heavy (non-hydrogen) atoms. The third-order valence-corrected chi connectivity index (χ3v) is 4.67. The molecule has 2 rings (SSSR count). The molecule has 7 heteroatoms. The predicted molar refractivity (Wildman–Crippen MR) is 87.2 cm³/mol. The van der Waals surface area contributed by atoms with Crippen LogP contribution in [0.1, 0.15) is 37.5 Å². The average Bonchev–Trinajstić information content (AvgIpc) is 2.75. The summed E-state index contributed by atoms with van der Waals surface area (Å²) in [5.41, 5.74) is 1.28. The fourth-order valence-corrected chi connectivity index (χ4v) is 3.30. The van der Waals surface area contributed by atoms with E-state index >= 15 is 0 Å². The van der Waals surface area contributed by atoms with Crippen LogP contribution in [-0.4, -0.2) is 25.8 Å². The SMILES string of the molecule is CC(Cl)c1nc2cc(Cl)c(F)cc2n1C(C)CCS(C)=O. The lowest BCUT2D eigenvalue weighted by atomic mass is 10.2. The quantitative estimate of drug-likeness (QED) is 0.746. The molecule has 0 aliphatic rings. The molecule has 3 unspecified atom stereocenters. The largest absolute Gasteiger partial charge is 0.324 e. The summed E-state index contributed by atoms with van der Waals surface area (Å²) in [4.78, 5) is 4.47. The summed E-state index contributed by atoms with van der Waals surface area (Å²) in [7, 11) is -0.869. The fourth-order valence-electron chi connectivity index (χ4n) is 2.32. The van der Waals surface area contributed by atoms with Crippen LogP contribution in [0.3, 0.4) is 0 Å². The first-order valence-electron chi connectivity index (χ1n) is 6.62. The maximum Gasteiger partial charge on any atom is 0.144 e. The highest BCUT2D eigenvalue weighted by atomic mass is 35.5. The monoisotopic (exact) mass is 350 g/mol. The van der Waals surface area contributed by atoms with Crippen LogP contribution in [0.4, 0.5) is 4.39 Å². The summed E-state index contributed by atoms with van der Waals surface area (Å²) in [5, 5.41) is -0.267. The lowest BCUT2D eigenvalue weighted by Crippen LogP contribution is -2.12. The minimum absolute atomic E-state index is 0.0238. The van der Waals surface area contributed by atoms with Gasteiger partial charge >= 0.3 is 0 Å². The maximum absolute atomic E-state index is 13.8. The van der Waals surface area contributed by atoms with Crippen LogP contribution in [0.5, 0.6) is 0 Å². The van der Waals surface area contributed by atoms with Crippen molar-refractivity contribution >= 4 is 45.0 Å².